The Morgan fingerprint density at radius 2 is 1.61 bits per heavy atom. The van der Waals surface area contributed by atoms with E-state index in [4.69, 9.17) is 0 Å². The van der Waals surface area contributed by atoms with E-state index in [1.54, 1.807) is 13.0 Å². The number of piperazine rings is 1. The van der Waals surface area contributed by atoms with E-state index in [1.165, 1.54) is 29.3 Å². The predicted octanol–water partition coefficient (Wildman–Crippen LogP) is 0.867. The number of hydrogen-bond donors (Lipinski definition) is 0. The molecule has 1 aromatic rings. The minimum atomic E-state index is -3.66. The number of aryl methyl sites for hydroxylation is 1. The van der Waals surface area contributed by atoms with Crippen molar-refractivity contribution in [1.82, 2.24) is 9.21 Å². The highest BCUT2D eigenvalue weighted by atomic mass is 32.2. The van der Waals surface area contributed by atoms with E-state index in [1.807, 2.05) is 0 Å². The summed E-state index contributed by atoms with van der Waals surface area (Å²) in [7, 11) is -7.10. The van der Waals surface area contributed by atoms with Crippen LogP contribution in [0.4, 0.5) is 0 Å². The summed E-state index contributed by atoms with van der Waals surface area (Å²) in [5, 5.41) is 0. The monoisotopic (exact) mass is 358 g/mol. The molecule has 128 valence electrons. The molecular weight excluding hydrogens is 336 g/mol. The normalized spacial score (nSPS) is 21.5. The molecule has 8 heteroatoms. The molecule has 0 radical (unpaired) electrons. The molecule has 6 nitrogen and oxygen atoms in total. The van der Waals surface area contributed by atoms with Gasteiger partial charge in [-0.05, 0) is 37.5 Å². The van der Waals surface area contributed by atoms with E-state index in [2.05, 4.69) is 4.90 Å². The smallest absolute Gasteiger partial charge is 0.243 e. The summed E-state index contributed by atoms with van der Waals surface area (Å²) in [4.78, 5) is 2.48. The van der Waals surface area contributed by atoms with Gasteiger partial charge in [0.15, 0.2) is 9.84 Å². The van der Waals surface area contributed by atoms with Gasteiger partial charge in [0, 0.05) is 38.5 Å². The van der Waals surface area contributed by atoms with Crippen LogP contribution >= 0.6 is 0 Å². The first-order valence-corrected chi connectivity index (χ1v) is 11.1. The second-order valence-corrected chi connectivity index (χ2v) is 10.3. The number of rotatable bonds is 4. The molecule has 0 atom stereocenters. The van der Waals surface area contributed by atoms with Gasteiger partial charge in [0.2, 0.25) is 10.0 Å². The summed E-state index contributed by atoms with van der Waals surface area (Å²) < 4.78 is 50.7. The third kappa shape index (κ3) is 3.45. The van der Waals surface area contributed by atoms with E-state index in [0.29, 0.717) is 24.7 Å². The Morgan fingerprint density at radius 1 is 1.00 bits per heavy atom. The summed E-state index contributed by atoms with van der Waals surface area (Å²) in [5.74, 6) is 0. The molecule has 3 rings (SSSR count). The Kier molecular flexibility index (Phi) is 4.29. The minimum absolute atomic E-state index is 0.0401. The molecule has 2 fully saturated rings. The van der Waals surface area contributed by atoms with Crippen LogP contribution < -0.4 is 0 Å². The van der Waals surface area contributed by atoms with Crippen molar-refractivity contribution in [2.24, 2.45) is 0 Å². The van der Waals surface area contributed by atoms with E-state index >= 15 is 0 Å². The van der Waals surface area contributed by atoms with Gasteiger partial charge in [-0.25, -0.2) is 16.8 Å². The lowest BCUT2D eigenvalue weighted by molar-refractivity contribution is 0.180. The molecule has 23 heavy (non-hydrogen) atoms. The molecule has 2 aliphatic rings. The Balaban J connectivity index is 1.87. The predicted molar refractivity (Wildman–Crippen MR) is 87.6 cm³/mol. The fourth-order valence-electron chi connectivity index (χ4n) is 2.98. The van der Waals surface area contributed by atoms with Gasteiger partial charge in [0.05, 0.1) is 9.79 Å². The first-order chi connectivity index (χ1) is 10.7. The molecule has 1 heterocycles. The molecule has 1 saturated carbocycles. The molecule has 0 aromatic heterocycles. The van der Waals surface area contributed by atoms with Gasteiger partial charge < -0.3 is 0 Å². The van der Waals surface area contributed by atoms with Crippen LogP contribution in [0.2, 0.25) is 0 Å². The Bertz CT molecular complexity index is 806. The highest BCUT2D eigenvalue weighted by molar-refractivity contribution is 7.91. The summed E-state index contributed by atoms with van der Waals surface area (Å²) >= 11 is 0. The standard InChI is InChI=1S/C15H22N2O4S2/c1-12-3-6-14(22(2,18)19)11-15(12)23(20,21)17-9-7-16(8-10-17)13-4-5-13/h3,6,11,13H,4-5,7-10H2,1-2H3. The summed E-state index contributed by atoms with van der Waals surface area (Å²) in [6, 6.07) is 4.93. The Labute approximate surface area is 138 Å². The maximum atomic E-state index is 12.9. The maximum Gasteiger partial charge on any atom is 0.243 e. The maximum absolute atomic E-state index is 12.9. The molecular formula is C15H22N2O4S2. The first-order valence-electron chi connectivity index (χ1n) is 7.74. The zero-order valence-electron chi connectivity index (χ0n) is 13.4. The second kappa shape index (κ2) is 5.84. The topological polar surface area (TPSA) is 74.8 Å². The number of sulfonamides is 1. The van der Waals surface area contributed by atoms with Gasteiger partial charge in [-0.3, -0.25) is 4.90 Å². The lowest BCUT2D eigenvalue weighted by atomic mass is 10.2. The van der Waals surface area contributed by atoms with Crippen molar-refractivity contribution in [3.8, 4) is 0 Å². The van der Waals surface area contributed by atoms with E-state index in [9.17, 15) is 16.8 Å². The molecule has 1 aromatic carbocycles. The van der Waals surface area contributed by atoms with Crippen molar-refractivity contribution < 1.29 is 16.8 Å². The van der Waals surface area contributed by atoms with Crippen LogP contribution in [0.3, 0.4) is 0 Å². The molecule has 0 amide bonds. The molecule has 0 N–H and O–H groups in total. The minimum Gasteiger partial charge on any atom is -0.298 e. The number of benzene rings is 1. The van der Waals surface area contributed by atoms with Crippen molar-refractivity contribution in [1.29, 1.82) is 0 Å². The third-order valence-corrected chi connectivity index (χ3v) is 7.69. The average Bonchev–Trinajstić information content (AvgIpc) is 3.31. The number of hydrogen-bond acceptors (Lipinski definition) is 5. The van der Waals surface area contributed by atoms with Crippen molar-refractivity contribution in [3.63, 3.8) is 0 Å². The van der Waals surface area contributed by atoms with Gasteiger partial charge in [-0.15, -0.1) is 0 Å². The lowest BCUT2D eigenvalue weighted by Crippen LogP contribution is -2.49. The van der Waals surface area contributed by atoms with Crippen LogP contribution in [0.25, 0.3) is 0 Å². The zero-order valence-corrected chi connectivity index (χ0v) is 15.0. The highest BCUT2D eigenvalue weighted by Crippen LogP contribution is 2.29. The van der Waals surface area contributed by atoms with E-state index < -0.39 is 19.9 Å². The average molecular weight is 358 g/mol. The molecule has 1 aliphatic carbocycles. The van der Waals surface area contributed by atoms with Crippen LogP contribution in [-0.4, -0.2) is 64.5 Å². The van der Waals surface area contributed by atoms with Crippen LogP contribution in [0.15, 0.2) is 28.0 Å². The van der Waals surface area contributed by atoms with Crippen molar-refractivity contribution in [2.75, 3.05) is 32.4 Å². The van der Waals surface area contributed by atoms with Crippen LogP contribution in [0, 0.1) is 6.92 Å². The SMILES string of the molecule is Cc1ccc(S(C)(=O)=O)cc1S(=O)(=O)N1CCN(C2CC2)CC1. The summed E-state index contributed by atoms with van der Waals surface area (Å²) in [6.45, 7) is 4.10. The first kappa shape index (κ1) is 16.9. The number of nitrogens with zero attached hydrogens (tertiary/aromatic N) is 2. The molecule has 1 aliphatic heterocycles. The quantitative estimate of drug-likeness (QED) is 0.798. The fraction of sp³-hybridized carbons (Fsp3) is 0.600. The van der Waals surface area contributed by atoms with Gasteiger partial charge in [0.25, 0.3) is 0 Å². The van der Waals surface area contributed by atoms with Crippen LogP contribution in [0.1, 0.15) is 18.4 Å². The van der Waals surface area contributed by atoms with Crippen molar-refractivity contribution >= 4 is 19.9 Å². The summed E-state index contributed by atoms with van der Waals surface area (Å²) in [6.07, 6.45) is 3.51. The van der Waals surface area contributed by atoms with Crippen LogP contribution in [0.5, 0.6) is 0 Å². The van der Waals surface area contributed by atoms with Gasteiger partial charge in [-0.1, -0.05) is 6.07 Å². The van der Waals surface area contributed by atoms with Crippen molar-refractivity contribution in [3.05, 3.63) is 23.8 Å². The van der Waals surface area contributed by atoms with Gasteiger partial charge in [0.1, 0.15) is 0 Å². The van der Waals surface area contributed by atoms with E-state index in [-0.39, 0.29) is 9.79 Å². The second-order valence-electron chi connectivity index (χ2n) is 6.37. The van der Waals surface area contributed by atoms with Gasteiger partial charge >= 0.3 is 0 Å². The summed E-state index contributed by atoms with van der Waals surface area (Å²) in [5.41, 5.74) is 0.571. The lowest BCUT2D eigenvalue weighted by Gasteiger charge is -2.34. The van der Waals surface area contributed by atoms with Crippen molar-refractivity contribution in [2.45, 2.75) is 35.6 Å². The molecule has 0 unspecified atom stereocenters. The zero-order chi connectivity index (χ0) is 16.8. The molecule has 0 spiro atoms. The number of sulfone groups is 1. The third-order valence-electron chi connectivity index (χ3n) is 4.54. The highest BCUT2D eigenvalue weighted by Gasteiger charge is 2.35. The molecule has 0 bridgehead atoms. The molecule has 1 saturated heterocycles. The fourth-order valence-corrected chi connectivity index (χ4v) is 5.37. The Morgan fingerprint density at radius 3 is 2.13 bits per heavy atom. The van der Waals surface area contributed by atoms with E-state index in [0.717, 1.165) is 19.3 Å². The van der Waals surface area contributed by atoms with Gasteiger partial charge in [-0.2, -0.15) is 4.31 Å². The Hall–Kier alpha value is -0.960. The van der Waals surface area contributed by atoms with Crippen LogP contribution in [-0.2, 0) is 19.9 Å². The largest absolute Gasteiger partial charge is 0.298 e.